The lowest BCUT2D eigenvalue weighted by Gasteiger charge is -2.56. The molecule has 6 nitrogen and oxygen atoms in total. The van der Waals surface area contributed by atoms with Gasteiger partial charge in [-0.05, 0) is 76.7 Å². The molecule has 5 rings (SSSR count). The Morgan fingerprint density at radius 1 is 1.11 bits per heavy atom. The summed E-state index contributed by atoms with van der Waals surface area (Å²) in [7, 11) is 0. The number of carbonyl (C=O) groups excluding carboxylic acids is 1. The Bertz CT molecular complexity index is 1340. The van der Waals surface area contributed by atoms with Gasteiger partial charge < -0.3 is 20.1 Å². The molecule has 0 radical (unpaired) electrons. The van der Waals surface area contributed by atoms with E-state index in [2.05, 4.69) is 16.7 Å². The van der Waals surface area contributed by atoms with E-state index in [-0.39, 0.29) is 11.9 Å². The lowest BCUT2D eigenvalue weighted by molar-refractivity contribution is -0.130. The molecule has 0 aromatic heterocycles. The van der Waals surface area contributed by atoms with Crippen LogP contribution in [0.1, 0.15) is 42.1 Å². The monoisotopic (exact) mass is 501 g/mol. The smallest absolute Gasteiger partial charge is 0.236 e. The highest BCUT2D eigenvalue weighted by molar-refractivity contribution is 7.80. The average Bonchev–Trinajstić information content (AvgIpc) is 2.82. The second-order valence-corrected chi connectivity index (χ2v) is 10.0. The molecule has 0 unspecified atom stereocenters. The van der Waals surface area contributed by atoms with E-state index in [0.717, 1.165) is 33.6 Å². The third-order valence-corrected chi connectivity index (χ3v) is 7.30. The molecule has 2 N–H and O–H groups in total. The van der Waals surface area contributed by atoms with Crippen LogP contribution in [0.25, 0.3) is 0 Å². The van der Waals surface area contributed by atoms with Gasteiger partial charge in [-0.1, -0.05) is 47.5 Å². The van der Waals surface area contributed by atoms with E-state index < -0.39 is 11.6 Å². The van der Waals surface area contributed by atoms with E-state index >= 15 is 0 Å². The zero-order valence-corrected chi connectivity index (χ0v) is 22.0. The van der Waals surface area contributed by atoms with Gasteiger partial charge in [-0.25, -0.2) is 0 Å². The van der Waals surface area contributed by atoms with Crippen molar-refractivity contribution in [2.75, 3.05) is 16.8 Å². The molecule has 2 bridgehead atoms. The highest BCUT2D eigenvalue weighted by Crippen LogP contribution is 2.52. The minimum absolute atomic E-state index is 0.144. The minimum atomic E-state index is -1.11. The van der Waals surface area contributed by atoms with Crippen LogP contribution in [0.4, 0.5) is 11.4 Å². The zero-order chi connectivity index (χ0) is 25.6. The number of fused-ring (bicyclic) bond motifs is 4. The summed E-state index contributed by atoms with van der Waals surface area (Å²) in [6, 6.07) is 19.5. The summed E-state index contributed by atoms with van der Waals surface area (Å²) >= 11 is 5.86. The van der Waals surface area contributed by atoms with Crippen molar-refractivity contribution in [1.29, 1.82) is 0 Å². The molecule has 0 spiro atoms. The van der Waals surface area contributed by atoms with Crippen LogP contribution in [0.3, 0.4) is 0 Å². The van der Waals surface area contributed by atoms with Crippen molar-refractivity contribution in [3.63, 3.8) is 0 Å². The molecule has 2 aliphatic rings. The molecule has 3 aromatic rings. The number of aryl methyl sites for hydroxylation is 3. The first-order valence-electron chi connectivity index (χ1n) is 12.2. The van der Waals surface area contributed by atoms with E-state index in [1.807, 2.05) is 94.1 Å². The number of benzene rings is 3. The molecular weight excluding hydrogens is 470 g/mol. The predicted molar refractivity (Wildman–Crippen MR) is 147 cm³/mol. The van der Waals surface area contributed by atoms with Crippen LogP contribution in [0.2, 0.25) is 0 Å². The van der Waals surface area contributed by atoms with Crippen LogP contribution >= 0.6 is 12.2 Å². The van der Waals surface area contributed by atoms with Gasteiger partial charge in [-0.3, -0.25) is 9.69 Å². The Morgan fingerprint density at radius 2 is 1.83 bits per heavy atom. The summed E-state index contributed by atoms with van der Waals surface area (Å²) in [5, 5.41) is 7.14. The quantitative estimate of drug-likeness (QED) is 0.430. The lowest BCUT2D eigenvalue weighted by atomic mass is 9.78. The van der Waals surface area contributed by atoms with Crippen molar-refractivity contribution < 1.29 is 14.3 Å². The van der Waals surface area contributed by atoms with Gasteiger partial charge in [0.15, 0.2) is 22.3 Å². The SMILES string of the molecule is CCOc1cccc2c1O[C@@]1(C)[C@@H](C(=O)Nc3ccc(C)cc3C)[C@H]2NC(=S)N1c1ccc(C)cc1. The number of para-hydroxylation sites is 1. The fraction of sp³-hybridized carbons (Fsp3) is 0.310. The third-order valence-electron chi connectivity index (χ3n) is 7.00. The maximum absolute atomic E-state index is 14.0. The maximum atomic E-state index is 14.0. The summed E-state index contributed by atoms with van der Waals surface area (Å²) in [6.45, 7) is 10.5. The normalized spacial score (nSPS) is 22.2. The summed E-state index contributed by atoms with van der Waals surface area (Å²) < 4.78 is 12.7. The number of nitrogens with zero attached hydrogens (tertiary/aromatic N) is 1. The number of hydrogen-bond donors (Lipinski definition) is 2. The molecule has 2 heterocycles. The molecule has 1 amide bonds. The van der Waals surface area contributed by atoms with Crippen molar-refractivity contribution >= 4 is 34.6 Å². The number of carbonyl (C=O) groups is 1. The summed E-state index contributed by atoms with van der Waals surface area (Å²) in [4.78, 5) is 16.0. The predicted octanol–water partition coefficient (Wildman–Crippen LogP) is 5.81. The van der Waals surface area contributed by atoms with E-state index in [1.54, 1.807) is 0 Å². The van der Waals surface area contributed by atoms with Crippen molar-refractivity contribution in [3.05, 3.63) is 82.9 Å². The first-order valence-corrected chi connectivity index (χ1v) is 12.6. The molecule has 2 aliphatic heterocycles. The van der Waals surface area contributed by atoms with Gasteiger partial charge in [0.25, 0.3) is 0 Å². The van der Waals surface area contributed by atoms with Gasteiger partial charge in [0, 0.05) is 16.9 Å². The Hall–Kier alpha value is -3.58. The molecule has 36 heavy (non-hydrogen) atoms. The van der Waals surface area contributed by atoms with Gasteiger partial charge in [0.1, 0.15) is 5.92 Å². The highest BCUT2D eigenvalue weighted by Gasteiger charge is 2.59. The van der Waals surface area contributed by atoms with E-state index in [9.17, 15) is 4.79 Å². The molecule has 0 aliphatic carbocycles. The number of thiocarbonyl (C=S) groups is 1. The second kappa shape index (κ2) is 9.13. The maximum Gasteiger partial charge on any atom is 0.236 e. The van der Waals surface area contributed by atoms with Crippen molar-refractivity contribution in [1.82, 2.24) is 5.32 Å². The lowest BCUT2D eigenvalue weighted by Crippen LogP contribution is -2.72. The first-order chi connectivity index (χ1) is 17.2. The standard InChI is InChI=1S/C29H31N3O3S/c1-6-34-23-9-7-8-21-25-24(27(33)30-22-15-12-18(3)16-19(22)4)29(5,35-26(21)23)32(28(36)31-25)20-13-10-17(2)11-14-20/h7-16,24-25H,6H2,1-5H3,(H,30,33)(H,31,36)/t24-,25+,29+/m1/s1. The molecule has 1 fully saturated rings. The van der Waals surface area contributed by atoms with Gasteiger partial charge in [0.2, 0.25) is 5.91 Å². The molecule has 1 saturated heterocycles. The number of anilines is 2. The van der Waals surface area contributed by atoms with Crippen molar-refractivity contribution in [2.45, 2.75) is 46.4 Å². The Kier molecular flexibility index (Phi) is 6.12. The first kappa shape index (κ1) is 24.1. The average molecular weight is 502 g/mol. The topological polar surface area (TPSA) is 62.8 Å². The number of hydrogen-bond acceptors (Lipinski definition) is 4. The fourth-order valence-corrected chi connectivity index (χ4v) is 5.70. The minimum Gasteiger partial charge on any atom is -0.490 e. The van der Waals surface area contributed by atoms with Crippen LogP contribution in [0.15, 0.2) is 60.7 Å². The number of amides is 1. The van der Waals surface area contributed by atoms with Crippen molar-refractivity contribution in [3.8, 4) is 11.5 Å². The molecule has 7 heteroatoms. The highest BCUT2D eigenvalue weighted by atomic mass is 32.1. The Labute approximate surface area is 217 Å². The van der Waals surface area contributed by atoms with Gasteiger partial charge in [-0.2, -0.15) is 0 Å². The van der Waals surface area contributed by atoms with Crippen LogP contribution in [-0.4, -0.2) is 23.4 Å². The van der Waals surface area contributed by atoms with Crippen molar-refractivity contribution in [2.24, 2.45) is 5.92 Å². The Morgan fingerprint density at radius 3 is 2.53 bits per heavy atom. The second-order valence-electron chi connectivity index (χ2n) is 9.65. The number of rotatable bonds is 5. The van der Waals surface area contributed by atoms with E-state index in [4.69, 9.17) is 21.7 Å². The largest absolute Gasteiger partial charge is 0.490 e. The van der Waals surface area contributed by atoms with E-state index in [1.165, 1.54) is 0 Å². The Balaban J connectivity index is 1.64. The van der Waals surface area contributed by atoms with Gasteiger partial charge in [-0.15, -0.1) is 0 Å². The van der Waals surface area contributed by atoms with Gasteiger partial charge >= 0.3 is 0 Å². The molecule has 186 valence electrons. The summed E-state index contributed by atoms with van der Waals surface area (Å²) in [5.74, 6) is 0.525. The molecule has 3 aromatic carbocycles. The number of nitrogens with one attached hydrogen (secondary N) is 2. The van der Waals surface area contributed by atoms with E-state index in [0.29, 0.717) is 23.2 Å². The van der Waals surface area contributed by atoms with Gasteiger partial charge in [0.05, 0.1) is 12.6 Å². The third kappa shape index (κ3) is 3.97. The van der Waals surface area contributed by atoms with Crippen LogP contribution in [-0.2, 0) is 4.79 Å². The molecule has 3 atom stereocenters. The molecular formula is C29H31N3O3S. The summed E-state index contributed by atoms with van der Waals surface area (Å²) in [5.41, 5.74) is 4.66. The fourth-order valence-electron chi connectivity index (χ4n) is 5.29. The molecule has 0 saturated carbocycles. The van der Waals surface area contributed by atoms with Crippen LogP contribution in [0, 0.1) is 26.7 Å². The van der Waals surface area contributed by atoms with Crippen LogP contribution < -0.4 is 25.0 Å². The number of ether oxygens (including phenoxy) is 2. The van der Waals surface area contributed by atoms with Crippen LogP contribution in [0.5, 0.6) is 11.5 Å². The zero-order valence-electron chi connectivity index (χ0n) is 21.2. The summed E-state index contributed by atoms with van der Waals surface area (Å²) in [6.07, 6.45) is 0.